The van der Waals surface area contributed by atoms with E-state index in [9.17, 15) is 4.79 Å². The molecule has 1 amide bonds. The smallest absolute Gasteiger partial charge is 0.223 e. The van der Waals surface area contributed by atoms with Gasteiger partial charge in [-0.25, -0.2) is 0 Å². The van der Waals surface area contributed by atoms with Crippen LogP contribution in [0.4, 0.5) is 0 Å². The van der Waals surface area contributed by atoms with Crippen LogP contribution in [0.3, 0.4) is 0 Å². The Labute approximate surface area is 108 Å². The number of rotatable bonds is 3. The number of carbonyl (C=O) groups excluding carboxylic acids is 1. The average Bonchev–Trinajstić information content (AvgIpc) is 2.40. The van der Waals surface area contributed by atoms with Crippen molar-refractivity contribution in [1.29, 1.82) is 0 Å². The van der Waals surface area contributed by atoms with Gasteiger partial charge in [-0.15, -0.1) is 0 Å². The molecule has 1 aliphatic heterocycles. The van der Waals surface area contributed by atoms with Gasteiger partial charge in [-0.05, 0) is 45.0 Å². The molecule has 17 heavy (non-hydrogen) atoms. The molecule has 2 N–H and O–H groups in total. The average molecular weight is 256 g/mol. The molecule has 0 spiro atoms. The molecular formula is C13H24N2OS. The second kappa shape index (κ2) is 6.64. The second-order valence-electron chi connectivity index (χ2n) is 5.20. The van der Waals surface area contributed by atoms with Crippen molar-refractivity contribution in [3.05, 3.63) is 0 Å². The summed E-state index contributed by atoms with van der Waals surface area (Å²) in [6, 6.07) is 0.418. The molecule has 4 heteroatoms. The fourth-order valence-electron chi connectivity index (χ4n) is 2.93. The second-order valence-corrected chi connectivity index (χ2v) is 6.27. The van der Waals surface area contributed by atoms with E-state index in [0.717, 1.165) is 25.9 Å². The van der Waals surface area contributed by atoms with Gasteiger partial charge in [0.25, 0.3) is 0 Å². The largest absolute Gasteiger partial charge is 0.352 e. The maximum atomic E-state index is 12.2. The summed E-state index contributed by atoms with van der Waals surface area (Å²) in [7, 11) is 0. The third kappa shape index (κ3) is 3.62. The van der Waals surface area contributed by atoms with E-state index in [-0.39, 0.29) is 5.92 Å². The molecule has 1 heterocycles. The van der Waals surface area contributed by atoms with Gasteiger partial charge in [-0.1, -0.05) is 12.8 Å². The molecular weight excluding hydrogens is 232 g/mol. The van der Waals surface area contributed by atoms with Crippen LogP contribution in [0.25, 0.3) is 0 Å². The molecule has 0 bridgehead atoms. The number of amides is 1. The fraction of sp³-hybridized carbons (Fsp3) is 0.923. The predicted octanol–water partition coefficient (Wildman–Crippen LogP) is 1.78. The highest BCUT2D eigenvalue weighted by atomic mass is 32.2. The summed E-state index contributed by atoms with van der Waals surface area (Å²) >= 11 is 1.92. The van der Waals surface area contributed by atoms with Crippen LogP contribution in [0, 0.1) is 5.92 Å². The molecule has 2 rings (SSSR count). The Bertz CT molecular complexity index is 254. The topological polar surface area (TPSA) is 41.1 Å². The molecule has 1 saturated carbocycles. The van der Waals surface area contributed by atoms with E-state index in [1.807, 2.05) is 11.8 Å². The first-order chi connectivity index (χ1) is 8.31. The molecule has 2 atom stereocenters. The van der Waals surface area contributed by atoms with Crippen LogP contribution in [-0.2, 0) is 4.79 Å². The van der Waals surface area contributed by atoms with Gasteiger partial charge in [0, 0.05) is 17.2 Å². The quantitative estimate of drug-likeness (QED) is 0.809. The maximum absolute atomic E-state index is 12.2. The Hall–Kier alpha value is -0.220. The van der Waals surface area contributed by atoms with Crippen molar-refractivity contribution < 1.29 is 4.79 Å². The third-order valence-corrected chi connectivity index (χ3v) is 5.21. The summed E-state index contributed by atoms with van der Waals surface area (Å²) in [6.45, 7) is 1.99. The van der Waals surface area contributed by atoms with Crippen molar-refractivity contribution in [2.24, 2.45) is 5.92 Å². The van der Waals surface area contributed by atoms with E-state index in [4.69, 9.17) is 0 Å². The summed E-state index contributed by atoms with van der Waals surface area (Å²) in [5.74, 6) is 0.554. The van der Waals surface area contributed by atoms with Crippen LogP contribution in [0.2, 0.25) is 0 Å². The minimum absolute atomic E-state index is 0.251. The first kappa shape index (κ1) is 13.2. The Morgan fingerprint density at radius 1 is 1.18 bits per heavy atom. The number of thioether (sulfide) groups is 1. The van der Waals surface area contributed by atoms with Crippen molar-refractivity contribution in [2.75, 3.05) is 19.3 Å². The highest BCUT2D eigenvalue weighted by Crippen LogP contribution is 2.27. The number of nitrogens with one attached hydrogen (secondary N) is 2. The van der Waals surface area contributed by atoms with Crippen molar-refractivity contribution in [3.63, 3.8) is 0 Å². The molecule has 0 radical (unpaired) electrons. The van der Waals surface area contributed by atoms with Crippen molar-refractivity contribution in [1.82, 2.24) is 10.6 Å². The van der Waals surface area contributed by atoms with Gasteiger partial charge in [0.2, 0.25) is 5.91 Å². The summed E-state index contributed by atoms with van der Waals surface area (Å²) in [6.07, 6.45) is 9.20. The van der Waals surface area contributed by atoms with Crippen molar-refractivity contribution >= 4 is 17.7 Å². The SMILES string of the molecule is CSC1CCCCC1NC(=O)C1CCNCC1. The number of piperidine rings is 1. The highest BCUT2D eigenvalue weighted by molar-refractivity contribution is 7.99. The molecule has 0 aromatic heterocycles. The minimum Gasteiger partial charge on any atom is -0.352 e. The van der Waals surface area contributed by atoms with Gasteiger partial charge < -0.3 is 10.6 Å². The van der Waals surface area contributed by atoms with E-state index < -0.39 is 0 Å². The molecule has 0 aromatic carbocycles. The van der Waals surface area contributed by atoms with Gasteiger partial charge >= 0.3 is 0 Å². The zero-order valence-electron chi connectivity index (χ0n) is 10.7. The van der Waals surface area contributed by atoms with Crippen molar-refractivity contribution in [2.45, 2.75) is 49.8 Å². The van der Waals surface area contributed by atoms with Gasteiger partial charge in [0.05, 0.1) is 0 Å². The van der Waals surface area contributed by atoms with E-state index >= 15 is 0 Å². The first-order valence-corrected chi connectivity index (χ1v) is 8.14. The van der Waals surface area contributed by atoms with Gasteiger partial charge in [-0.3, -0.25) is 4.79 Å². The monoisotopic (exact) mass is 256 g/mol. The molecule has 98 valence electrons. The van der Waals surface area contributed by atoms with E-state index in [2.05, 4.69) is 16.9 Å². The highest BCUT2D eigenvalue weighted by Gasteiger charge is 2.28. The zero-order chi connectivity index (χ0) is 12.1. The Morgan fingerprint density at radius 2 is 1.88 bits per heavy atom. The Balaban J connectivity index is 1.83. The lowest BCUT2D eigenvalue weighted by atomic mass is 9.92. The molecule has 1 aliphatic carbocycles. The Kier molecular flexibility index (Phi) is 5.16. The van der Waals surface area contributed by atoms with E-state index in [1.165, 1.54) is 25.7 Å². The summed E-state index contributed by atoms with van der Waals surface area (Å²) in [5.41, 5.74) is 0. The zero-order valence-corrected chi connectivity index (χ0v) is 11.5. The Morgan fingerprint density at radius 3 is 2.59 bits per heavy atom. The predicted molar refractivity (Wildman–Crippen MR) is 73.3 cm³/mol. The summed E-state index contributed by atoms with van der Waals surface area (Å²) in [5, 5.41) is 7.24. The maximum Gasteiger partial charge on any atom is 0.223 e. The van der Waals surface area contributed by atoms with Crippen molar-refractivity contribution in [3.8, 4) is 0 Å². The summed E-state index contributed by atoms with van der Waals surface area (Å²) in [4.78, 5) is 12.2. The van der Waals surface area contributed by atoms with Crippen LogP contribution in [0.15, 0.2) is 0 Å². The minimum atomic E-state index is 0.251. The van der Waals surface area contributed by atoms with Crippen LogP contribution < -0.4 is 10.6 Å². The van der Waals surface area contributed by atoms with Gasteiger partial charge in [0.1, 0.15) is 0 Å². The first-order valence-electron chi connectivity index (χ1n) is 6.85. The molecule has 2 unspecified atom stereocenters. The number of hydrogen-bond acceptors (Lipinski definition) is 3. The molecule has 3 nitrogen and oxygen atoms in total. The standard InChI is InChI=1S/C13H24N2OS/c1-17-12-5-3-2-4-11(12)15-13(16)10-6-8-14-9-7-10/h10-12,14H,2-9H2,1H3,(H,15,16). The molecule has 2 fully saturated rings. The lowest BCUT2D eigenvalue weighted by Gasteiger charge is -2.32. The lowest BCUT2D eigenvalue weighted by molar-refractivity contribution is -0.126. The molecule has 0 aromatic rings. The summed E-state index contributed by atoms with van der Waals surface area (Å²) < 4.78 is 0. The third-order valence-electron chi connectivity index (χ3n) is 4.04. The normalized spacial score (nSPS) is 31.1. The van der Waals surface area contributed by atoms with Crippen LogP contribution in [0.5, 0.6) is 0 Å². The van der Waals surface area contributed by atoms with Crippen LogP contribution in [-0.4, -0.2) is 36.5 Å². The molecule has 1 saturated heterocycles. The molecule has 2 aliphatic rings. The number of carbonyl (C=O) groups is 1. The van der Waals surface area contributed by atoms with Crippen LogP contribution >= 0.6 is 11.8 Å². The van der Waals surface area contributed by atoms with E-state index in [0.29, 0.717) is 17.2 Å². The fourth-order valence-corrected chi connectivity index (χ4v) is 3.86. The van der Waals surface area contributed by atoms with Gasteiger partial charge in [0.15, 0.2) is 0 Å². The van der Waals surface area contributed by atoms with E-state index in [1.54, 1.807) is 0 Å². The lowest BCUT2D eigenvalue weighted by Crippen LogP contribution is -2.47. The number of hydrogen-bond donors (Lipinski definition) is 2. The van der Waals surface area contributed by atoms with Crippen LogP contribution in [0.1, 0.15) is 38.5 Å². The van der Waals surface area contributed by atoms with Gasteiger partial charge in [-0.2, -0.15) is 11.8 Å².